The van der Waals surface area contributed by atoms with Gasteiger partial charge in [-0.15, -0.1) is 0 Å². The Labute approximate surface area is 121 Å². The highest BCUT2D eigenvalue weighted by Gasteiger charge is 2.47. The van der Waals surface area contributed by atoms with Crippen LogP contribution in [0.25, 0.3) is 0 Å². The van der Waals surface area contributed by atoms with Crippen molar-refractivity contribution in [3.63, 3.8) is 0 Å². The maximum absolute atomic E-state index is 13.2. The van der Waals surface area contributed by atoms with E-state index in [0.717, 1.165) is 45.6 Å². The van der Waals surface area contributed by atoms with Crippen LogP contribution in [-0.4, -0.2) is 41.9 Å². The molecule has 108 valence electrons. The van der Waals surface area contributed by atoms with Crippen LogP contribution in [0.3, 0.4) is 0 Å². The molecule has 1 fully saturated rings. The average molecular weight is 272 g/mol. The van der Waals surface area contributed by atoms with E-state index in [4.69, 9.17) is 0 Å². The summed E-state index contributed by atoms with van der Waals surface area (Å²) in [5, 5.41) is 0. The van der Waals surface area contributed by atoms with Crippen molar-refractivity contribution in [2.75, 3.05) is 26.2 Å². The molecule has 0 atom stereocenters. The van der Waals surface area contributed by atoms with Gasteiger partial charge in [0, 0.05) is 19.6 Å². The normalized spacial score (nSPS) is 27.8. The second-order valence-electron chi connectivity index (χ2n) is 5.99. The van der Waals surface area contributed by atoms with Crippen molar-refractivity contribution in [3.8, 4) is 0 Å². The molecule has 1 aromatic rings. The molecule has 1 amide bonds. The van der Waals surface area contributed by atoms with Gasteiger partial charge in [0.1, 0.15) is 0 Å². The van der Waals surface area contributed by atoms with E-state index in [1.807, 2.05) is 4.90 Å². The van der Waals surface area contributed by atoms with Crippen LogP contribution >= 0.6 is 0 Å². The number of hydrogen-bond acceptors (Lipinski definition) is 2. The lowest BCUT2D eigenvalue weighted by atomic mass is 9.71. The van der Waals surface area contributed by atoms with E-state index < -0.39 is 0 Å². The summed E-state index contributed by atoms with van der Waals surface area (Å²) in [6.45, 7) is 8.87. The molecular formula is C17H24N2O. The van der Waals surface area contributed by atoms with E-state index in [-0.39, 0.29) is 5.41 Å². The van der Waals surface area contributed by atoms with Gasteiger partial charge in [-0.25, -0.2) is 0 Å². The van der Waals surface area contributed by atoms with Gasteiger partial charge in [0.15, 0.2) is 0 Å². The van der Waals surface area contributed by atoms with E-state index in [1.165, 1.54) is 11.1 Å². The first-order chi connectivity index (χ1) is 9.71. The van der Waals surface area contributed by atoms with Crippen LogP contribution in [0, 0.1) is 0 Å². The second-order valence-corrected chi connectivity index (χ2v) is 5.99. The largest absolute Gasteiger partial charge is 0.342 e. The van der Waals surface area contributed by atoms with Crippen LogP contribution in [0.4, 0.5) is 0 Å². The molecule has 1 saturated heterocycles. The molecular weight excluding hydrogens is 248 g/mol. The van der Waals surface area contributed by atoms with Gasteiger partial charge >= 0.3 is 0 Å². The lowest BCUT2D eigenvalue weighted by molar-refractivity contribution is -0.138. The Morgan fingerprint density at radius 1 is 1.20 bits per heavy atom. The van der Waals surface area contributed by atoms with Crippen molar-refractivity contribution in [2.45, 2.75) is 38.6 Å². The first-order valence-corrected chi connectivity index (χ1v) is 7.81. The zero-order valence-corrected chi connectivity index (χ0v) is 12.6. The summed E-state index contributed by atoms with van der Waals surface area (Å²) in [5.41, 5.74) is 2.37. The highest BCUT2D eigenvalue weighted by Crippen LogP contribution is 2.42. The topological polar surface area (TPSA) is 23.6 Å². The van der Waals surface area contributed by atoms with Gasteiger partial charge in [-0.05, 0) is 50.9 Å². The van der Waals surface area contributed by atoms with Crippen LogP contribution in [0.15, 0.2) is 24.3 Å². The number of rotatable bonds is 3. The maximum Gasteiger partial charge on any atom is 0.233 e. The molecule has 3 heterocycles. The Kier molecular flexibility index (Phi) is 3.55. The second kappa shape index (κ2) is 5.21. The van der Waals surface area contributed by atoms with E-state index >= 15 is 0 Å². The number of nitrogens with zero attached hydrogens (tertiary/aromatic N) is 2. The number of piperidine rings is 1. The average Bonchev–Trinajstić information content (AvgIpc) is 2.75. The predicted molar refractivity (Wildman–Crippen MR) is 80.6 cm³/mol. The highest BCUT2D eigenvalue weighted by atomic mass is 16.2. The van der Waals surface area contributed by atoms with Crippen LogP contribution in [0.5, 0.6) is 0 Å². The summed E-state index contributed by atoms with van der Waals surface area (Å²) in [7, 11) is 0. The molecule has 0 unspecified atom stereocenters. The van der Waals surface area contributed by atoms with Crippen LogP contribution in [-0.2, 0) is 16.8 Å². The number of fused-ring (bicyclic) bond motifs is 2. The zero-order valence-electron chi connectivity index (χ0n) is 12.6. The Morgan fingerprint density at radius 2 is 1.85 bits per heavy atom. The molecule has 3 heteroatoms. The van der Waals surface area contributed by atoms with Gasteiger partial charge in [0.2, 0.25) is 5.91 Å². The summed E-state index contributed by atoms with van der Waals surface area (Å²) in [6.07, 6.45) is 1.94. The van der Waals surface area contributed by atoms with Crippen LogP contribution < -0.4 is 0 Å². The smallest absolute Gasteiger partial charge is 0.233 e. The Bertz CT molecular complexity index is 499. The van der Waals surface area contributed by atoms with Crippen LogP contribution in [0.2, 0.25) is 0 Å². The Hall–Kier alpha value is -1.35. The third kappa shape index (κ3) is 1.96. The fourth-order valence-electron chi connectivity index (χ4n) is 3.87. The van der Waals surface area contributed by atoms with Crippen LogP contribution in [0.1, 0.15) is 37.8 Å². The van der Waals surface area contributed by atoms with Crippen molar-refractivity contribution >= 4 is 5.91 Å². The summed E-state index contributed by atoms with van der Waals surface area (Å²) in [5.74, 6) is 0.344. The first kappa shape index (κ1) is 13.6. The van der Waals surface area contributed by atoms with Crippen molar-refractivity contribution in [2.24, 2.45) is 0 Å². The number of amides is 1. The number of carbonyl (C=O) groups is 1. The molecule has 4 rings (SSSR count). The Morgan fingerprint density at radius 3 is 2.50 bits per heavy atom. The van der Waals surface area contributed by atoms with E-state index in [9.17, 15) is 4.79 Å². The summed E-state index contributed by atoms with van der Waals surface area (Å²) < 4.78 is 0. The van der Waals surface area contributed by atoms with E-state index in [0.29, 0.717) is 5.91 Å². The molecule has 2 bridgehead atoms. The quantitative estimate of drug-likeness (QED) is 0.843. The van der Waals surface area contributed by atoms with Crippen molar-refractivity contribution < 1.29 is 4.79 Å². The van der Waals surface area contributed by atoms with Gasteiger partial charge in [-0.2, -0.15) is 0 Å². The molecule has 0 saturated carbocycles. The standard InChI is InChI=1S/C17H24N2O/c1-3-19(4-2)16(20)17-9-11-18(12-10-17)13-14-7-5-6-8-15(14)17/h5-8H,3-4,9-13H2,1-2H3. The molecule has 0 N–H and O–H groups in total. The third-order valence-corrected chi connectivity index (χ3v) is 5.10. The fourth-order valence-corrected chi connectivity index (χ4v) is 3.87. The summed E-state index contributed by atoms with van der Waals surface area (Å²) in [4.78, 5) is 17.7. The van der Waals surface area contributed by atoms with Crippen molar-refractivity contribution in [1.29, 1.82) is 0 Å². The molecule has 0 aromatic heterocycles. The molecule has 3 aliphatic heterocycles. The molecule has 0 spiro atoms. The minimum absolute atomic E-state index is 0.268. The molecule has 1 aromatic carbocycles. The van der Waals surface area contributed by atoms with E-state index in [2.05, 4.69) is 43.0 Å². The first-order valence-electron chi connectivity index (χ1n) is 7.81. The monoisotopic (exact) mass is 272 g/mol. The number of likely N-dealkylation sites (N-methyl/N-ethyl adjacent to an activating group) is 1. The molecule has 20 heavy (non-hydrogen) atoms. The molecule has 3 nitrogen and oxygen atoms in total. The van der Waals surface area contributed by atoms with E-state index in [1.54, 1.807) is 0 Å². The molecule has 0 radical (unpaired) electrons. The fraction of sp³-hybridized carbons (Fsp3) is 0.588. The van der Waals surface area contributed by atoms with Crippen molar-refractivity contribution in [1.82, 2.24) is 9.80 Å². The van der Waals surface area contributed by atoms with Gasteiger partial charge in [0.05, 0.1) is 5.41 Å². The van der Waals surface area contributed by atoms with Gasteiger partial charge in [-0.3, -0.25) is 9.69 Å². The summed E-state index contributed by atoms with van der Waals surface area (Å²) >= 11 is 0. The molecule has 0 aliphatic carbocycles. The van der Waals surface area contributed by atoms with Gasteiger partial charge < -0.3 is 4.90 Å². The maximum atomic E-state index is 13.2. The minimum atomic E-state index is -0.268. The Balaban J connectivity index is 2.08. The van der Waals surface area contributed by atoms with Gasteiger partial charge in [0.25, 0.3) is 0 Å². The third-order valence-electron chi connectivity index (χ3n) is 5.10. The lowest BCUT2D eigenvalue weighted by Gasteiger charge is -2.40. The number of carbonyl (C=O) groups excluding carboxylic acids is 1. The molecule has 3 aliphatic rings. The minimum Gasteiger partial charge on any atom is -0.342 e. The van der Waals surface area contributed by atoms with Crippen molar-refractivity contribution in [3.05, 3.63) is 35.4 Å². The highest BCUT2D eigenvalue weighted by molar-refractivity contribution is 5.89. The number of benzene rings is 1. The van der Waals surface area contributed by atoms with Gasteiger partial charge in [-0.1, -0.05) is 24.3 Å². The SMILES string of the molecule is CCN(CC)C(=O)C12CCN(CC1)Cc1ccccc12. The number of hydrogen-bond donors (Lipinski definition) is 0. The zero-order chi connectivity index (χ0) is 14.2. The predicted octanol–water partition coefficient (Wildman–Crippen LogP) is 2.40. The summed E-state index contributed by atoms with van der Waals surface area (Å²) in [6, 6.07) is 8.57. The lowest BCUT2D eigenvalue weighted by Crippen LogP contribution is -2.51.